The van der Waals surface area contributed by atoms with E-state index in [1.165, 1.54) is 16.8 Å². The van der Waals surface area contributed by atoms with Crippen LogP contribution in [0.15, 0.2) is 54.9 Å². The first-order chi connectivity index (χ1) is 14.9. The standard InChI is InChI=1S/C25H29N5O/c1-18-5-6-19(2)22(17-18)29-13-15-30(16-14-29)25(31)21-9-7-20(8-10-21)23-24(28(3)4)27-12-11-26-23/h5-12,17H,13-16H2,1-4H3. The Morgan fingerprint density at radius 1 is 0.903 bits per heavy atom. The Labute approximate surface area is 184 Å². The summed E-state index contributed by atoms with van der Waals surface area (Å²) in [6.07, 6.45) is 3.38. The average molecular weight is 416 g/mol. The minimum Gasteiger partial charge on any atom is -0.368 e. The number of benzene rings is 2. The van der Waals surface area contributed by atoms with Gasteiger partial charge in [0.1, 0.15) is 5.69 Å². The second-order valence-corrected chi connectivity index (χ2v) is 8.27. The van der Waals surface area contributed by atoms with Gasteiger partial charge in [0, 0.05) is 69.5 Å². The smallest absolute Gasteiger partial charge is 0.253 e. The van der Waals surface area contributed by atoms with Crippen LogP contribution >= 0.6 is 0 Å². The molecule has 0 radical (unpaired) electrons. The number of aromatic nitrogens is 2. The van der Waals surface area contributed by atoms with E-state index in [-0.39, 0.29) is 5.91 Å². The van der Waals surface area contributed by atoms with Crippen LogP contribution in [-0.4, -0.2) is 61.0 Å². The molecule has 2 aromatic carbocycles. The van der Waals surface area contributed by atoms with Crippen LogP contribution in [0.3, 0.4) is 0 Å². The third-order valence-corrected chi connectivity index (χ3v) is 5.78. The number of carbonyl (C=O) groups excluding carboxylic acids is 1. The molecule has 1 aliphatic heterocycles. The van der Waals surface area contributed by atoms with Gasteiger partial charge in [0.15, 0.2) is 5.82 Å². The third kappa shape index (κ3) is 4.38. The van der Waals surface area contributed by atoms with Gasteiger partial charge in [0.05, 0.1) is 0 Å². The molecule has 6 heteroatoms. The van der Waals surface area contributed by atoms with Gasteiger partial charge in [-0.05, 0) is 43.2 Å². The van der Waals surface area contributed by atoms with E-state index in [4.69, 9.17) is 0 Å². The van der Waals surface area contributed by atoms with Crippen LogP contribution in [0.1, 0.15) is 21.5 Å². The maximum atomic E-state index is 13.1. The summed E-state index contributed by atoms with van der Waals surface area (Å²) in [5.41, 5.74) is 6.29. The van der Waals surface area contributed by atoms with Crippen molar-refractivity contribution in [2.24, 2.45) is 0 Å². The van der Waals surface area contributed by atoms with Crippen LogP contribution in [0.5, 0.6) is 0 Å². The maximum absolute atomic E-state index is 13.1. The lowest BCUT2D eigenvalue weighted by Crippen LogP contribution is -2.49. The van der Waals surface area contributed by atoms with Crippen LogP contribution in [0.4, 0.5) is 11.5 Å². The first kappa shape index (κ1) is 20.8. The van der Waals surface area contributed by atoms with E-state index in [2.05, 4.69) is 46.9 Å². The van der Waals surface area contributed by atoms with Gasteiger partial charge in [-0.1, -0.05) is 24.3 Å². The second-order valence-electron chi connectivity index (χ2n) is 8.27. The molecule has 1 saturated heterocycles. The predicted molar refractivity (Wildman–Crippen MR) is 126 cm³/mol. The summed E-state index contributed by atoms with van der Waals surface area (Å²) in [5.74, 6) is 0.892. The molecule has 1 aromatic heterocycles. The lowest BCUT2D eigenvalue weighted by Gasteiger charge is -2.37. The Kier molecular flexibility index (Phi) is 5.89. The van der Waals surface area contributed by atoms with E-state index in [0.29, 0.717) is 5.56 Å². The van der Waals surface area contributed by atoms with E-state index in [9.17, 15) is 4.79 Å². The van der Waals surface area contributed by atoms with E-state index in [1.54, 1.807) is 12.4 Å². The van der Waals surface area contributed by atoms with Crippen LogP contribution in [0, 0.1) is 13.8 Å². The Balaban J connectivity index is 1.45. The Morgan fingerprint density at radius 2 is 1.58 bits per heavy atom. The molecule has 1 aliphatic rings. The number of amides is 1. The van der Waals surface area contributed by atoms with Crippen molar-refractivity contribution in [2.45, 2.75) is 13.8 Å². The molecule has 0 saturated carbocycles. The van der Waals surface area contributed by atoms with Crippen molar-refractivity contribution >= 4 is 17.4 Å². The van der Waals surface area contributed by atoms with E-state index in [0.717, 1.165) is 43.3 Å². The molecule has 1 fully saturated rings. The van der Waals surface area contributed by atoms with Gasteiger partial charge in [0.25, 0.3) is 5.91 Å². The first-order valence-electron chi connectivity index (χ1n) is 10.6. The molecule has 4 rings (SSSR count). The Bertz CT molecular complexity index is 1070. The molecule has 0 unspecified atom stereocenters. The van der Waals surface area contributed by atoms with Crippen molar-refractivity contribution in [1.29, 1.82) is 0 Å². The largest absolute Gasteiger partial charge is 0.368 e. The minimum absolute atomic E-state index is 0.0825. The number of nitrogens with zero attached hydrogens (tertiary/aromatic N) is 5. The summed E-state index contributed by atoms with van der Waals surface area (Å²) in [4.78, 5) is 28.2. The summed E-state index contributed by atoms with van der Waals surface area (Å²) in [7, 11) is 3.90. The van der Waals surface area contributed by atoms with Gasteiger partial charge in [0.2, 0.25) is 0 Å². The highest BCUT2D eigenvalue weighted by molar-refractivity contribution is 5.95. The molecular formula is C25H29N5O. The number of piperazine rings is 1. The van der Waals surface area contributed by atoms with Gasteiger partial charge in [-0.2, -0.15) is 0 Å². The van der Waals surface area contributed by atoms with Crippen LogP contribution in [-0.2, 0) is 0 Å². The maximum Gasteiger partial charge on any atom is 0.253 e. The minimum atomic E-state index is 0.0825. The molecule has 3 aromatic rings. The Hall–Kier alpha value is -3.41. The third-order valence-electron chi connectivity index (χ3n) is 5.78. The second kappa shape index (κ2) is 8.76. The highest BCUT2D eigenvalue weighted by Gasteiger charge is 2.23. The topological polar surface area (TPSA) is 52.6 Å². The highest BCUT2D eigenvalue weighted by Crippen LogP contribution is 2.26. The number of aryl methyl sites for hydroxylation is 2. The van der Waals surface area contributed by atoms with E-state index < -0.39 is 0 Å². The molecule has 6 nitrogen and oxygen atoms in total. The van der Waals surface area contributed by atoms with Crippen molar-refractivity contribution in [2.75, 3.05) is 50.1 Å². The lowest BCUT2D eigenvalue weighted by atomic mass is 10.1. The normalized spacial score (nSPS) is 13.9. The monoisotopic (exact) mass is 415 g/mol. The molecule has 0 bridgehead atoms. The summed E-state index contributed by atoms with van der Waals surface area (Å²) in [5, 5.41) is 0. The van der Waals surface area contributed by atoms with Crippen LogP contribution < -0.4 is 9.80 Å². The van der Waals surface area contributed by atoms with Gasteiger partial charge < -0.3 is 14.7 Å². The molecule has 0 atom stereocenters. The summed E-state index contributed by atoms with van der Waals surface area (Å²) >= 11 is 0. The fourth-order valence-electron chi connectivity index (χ4n) is 4.03. The average Bonchev–Trinajstić information content (AvgIpc) is 2.80. The first-order valence-corrected chi connectivity index (χ1v) is 10.6. The molecule has 0 spiro atoms. The number of carbonyl (C=O) groups is 1. The quantitative estimate of drug-likeness (QED) is 0.649. The fourth-order valence-corrected chi connectivity index (χ4v) is 4.03. The number of hydrogen-bond donors (Lipinski definition) is 0. The van der Waals surface area contributed by atoms with Crippen molar-refractivity contribution in [1.82, 2.24) is 14.9 Å². The zero-order valence-corrected chi connectivity index (χ0v) is 18.7. The number of anilines is 2. The molecule has 31 heavy (non-hydrogen) atoms. The molecule has 1 amide bonds. The van der Waals surface area contributed by atoms with Crippen LogP contribution in [0.2, 0.25) is 0 Å². The van der Waals surface area contributed by atoms with Crippen LogP contribution in [0.25, 0.3) is 11.3 Å². The molecule has 0 aliphatic carbocycles. The summed E-state index contributed by atoms with van der Waals surface area (Å²) in [6, 6.07) is 14.2. The zero-order chi connectivity index (χ0) is 22.0. The zero-order valence-electron chi connectivity index (χ0n) is 18.7. The van der Waals surface area contributed by atoms with Gasteiger partial charge in [-0.3, -0.25) is 9.78 Å². The van der Waals surface area contributed by atoms with E-state index in [1.807, 2.05) is 48.2 Å². The fraction of sp³-hybridized carbons (Fsp3) is 0.320. The van der Waals surface area contributed by atoms with Crippen molar-refractivity contribution < 1.29 is 4.79 Å². The molecule has 2 heterocycles. The SMILES string of the molecule is Cc1ccc(C)c(N2CCN(C(=O)c3ccc(-c4nccnc4N(C)C)cc3)CC2)c1. The summed E-state index contributed by atoms with van der Waals surface area (Å²) < 4.78 is 0. The summed E-state index contributed by atoms with van der Waals surface area (Å²) in [6.45, 7) is 7.41. The van der Waals surface area contributed by atoms with Gasteiger partial charge >= 0.3 is 0 Å². The number of rotatable bonds is 4. The van der Waals surface area contributed by atoms with Gasteiger partial charge in [-0.25, -0.2) is 4.98 Å². The van der Waals surface area contributed by atoms with Crippen molar-refractivity contribution in [3.63, 3.8) is 0 Å². The predicted octanol–water partition coefficient (Wildman–Crippen LogP) is 3.79. The van der Waals surface area contributed by atoms with Crippen molar-refractivity contribution in [3.8, 4) is 11.3 Å². The number of hydrogen-bond acceptors (Lipinski definition) is 5. The Morgan fingerprint density at radius 3 is 2.26 bits per heavy atom. The van der Waals surface area contributed by atoms with Crippen molar-refractivity contribution in [3.05, 3.63) is 71.5 Å². The molecular weight excluding hydrogens is 386 g/mol. The molecule has 160 valence electrons. The van der Waals surface area contributed by atoms with Gasteiger partial charge in [-0.15, -0.1) is 0 Å². The highest BCUT2D eigenvalue weighted by atomic mass is 16.2. The molecule has 0 N–H and O–H groups in total. The van der Waals surface area contributed by atoms with E-state index >= 15 is 0 Å². The lowest BCUT2D eigenvalue weighted by molar-refractivity contribution is 0.0747.